The average Bonchev–Trinajstić information content (AvgIpc) is 2.69. The van der Waals surface area contributed by atoms with Gasteiger partial charge in [-0.15, -0.1) is 0 Å². The molecular weight excluding hydrogens is 368 g/mol. The molecule has 0 aliphatic carbocycles. The molecule has 2 N–H and O–H groups in total. The van der Waals surface area contributed by atoms with Crippen LogP contribution in [0.2, 0.25) is 0 Å². The zero-order valence-electron chi connectivity index (χ0n) is 16.3. The lowest BCUT2D eigenvalue weighted by molar-refractivity contribution is -0.152. The lowest BCUT2D eigenvalue weighted by Gasteiger charge is -2.15. The molecule has 6 nitrogen and oxygen atoms in total. The summed E-state index contributed by atoms with van der Waals surface area (Å²) in [6.45, 7) is 2.97. The minimum Gasteiger partial charge on any atom is -0.452 e. The van der Waals surface area contributed by atoms with E-state index in [9.17, 15) is 14.4 Å². The number of ether oxygens (including phenoxy) is 1. The molecule has 6 heteroatoms. The van der Waals surface area contributed by atoms with Crippen molar-refractivity contribution in [2.24, 2.45) is 0 Å². The SMILES string of the molecule is CC(=O)Nc1ccc(CC(=O)OC(C)C(=O)Nc2cccc3ccccc23)cc1. The molecule has 0 fully saturated rings. The van der Waals surface area contributed by atoms with Crippen LogP contribution in [0.25, 0.3) is 10.8 Å². The van der Waals surface area contributed by atoms with Crippen molar-refractivity contribution in [1.82, 2.24) is 0 Å². The first-order valence-electron chi connectivity index (χ1n) is 9.27. The van der Waals surface area contributed by atoms with E-state index < -0.39 is 18.0 Å². The van der Waals surface area contributed by atoms with Crippen LogP contribution in [0, 0.1) is 0 Å². The van der Waals surface area contributed by atoms with Gasteiger partial charge < -0.3 is 15.4 Å². The first-order chi connectivity index (χ1) is 13.9. The van der Waals surface area contributed by atoms with E-state index in [1.165, 1.54) is 13.8 Å². The predicted octanol–water partition coefficient (Wildman–Crippen LogP) is 3.91. The van der Waals surface area contributed by atoms with Crippen LogP contribution in [0.3, 0.4) is 0 Å². The molecule has 3 aromatic carbocycles. The molecule has 3 rings (SSSR count). The Morgan fingerprint density at radius 2 is 1.59 bits per heavy atom. The Labute approximate surface area is 168 Å². The molecule has 3 aromatic rings. The van der Waals surface area contributed by atoms with Gasteiger partial charge in [-0.2, -0.15) is 0 Å². The third-order valence-corrected chi connectivity index (χ3v) is 4.35. The van der Waals surface area contributed by atoms with Gasteiger partial charge in [-0.25, -0.2) is 0 Å². The standard InChI is InChI=1S/C23H22N2O4/c1-15(23(28)25-21-9-5-7-18-6-3-4-8-20(18)21)29-22(27)14-17-10-12-19(13-11-17)24-16(2)26/h3-13,15H,14H2,1-2H3,(H,24,26)(H,25,28). The van der Waals surface area contributed by atoms with Crippen LogP contribution in [0.4, 0.5) is 11.4 Å². The quantitative estimate of drug-likeness (QED) is 0.625. The highest BCUT2D eigenvalue weighted by Crippen LogP contribution is 2.23. The van der Waals surface area contributed by atoms with Gasteiger partial charge in [0.25, 0.3) is 5.91 Å². The zero-order valence-corrected chi connectivity index (χ0v) is 16.3. The molecule has 0 radical (unpaired) electrons. The fraction of sp³-hybridized carbons (Fsp3) is 0.174. The second-order valence-corrected chi connectivity index (χ2v) is 6.70. The van der Waals surface area contributed by atoms with E-state index in [0.29, 0.717) is 11.4 Å². The lowest BCUT2D eigenvalue weighted by atomic mass is 10.1. The highest BCUT2D eigenvalue weighted by Gasteiger charge is 2.19. The number of hydrogen-bond donors (Lipinski definition) is 2. The largest absolute Gasteiger partial charge is 0.452 e. The Hall–Kier alpha value is -3.67. The molecule has 0 aliphatic heterocycles. The van der Waals surface area contributed by atoms with Gasteiger partial charge in [-0.05, 0) is 36.1 Å². The number of amides is 2. The first kappa shape index (κ1) is 20.1. The van der Waals surface area contributed by atoms with Crippen molar-refractivity contribution in [3.05, 3.63) is 72.3 Å². The van der Waals surface area contributed by atoms with E-state index in [1.807, 2.05) is 42.5 Å². The van der Waals surface area contributed by atoms with E-state index in [2.05, 4.69) is 10.6 Å². The minimum absolute atomic E-state index is 0.0340. The number of carbonyl (C=O) groups is 3. The van der Waals surface area contributed by atoms with Crippen LogP contribution in [-0.2, 0) is 25.5 Å². The summed E-state index contributed by atoms with van der Waals surface area (Å²) in [6, 6.07) is 20.2. The zero-order chi connectivity index (χ0) is 20.8. The maximum atomic E-state index is 12.5. The number of esters is 1. The van der Waals surface area contributed by atoms with Crippen molar-refractivity contribution in [2.75, 3.05) is 10.6 Å². The maximum absolute atomic E-state index is 12.5. The van der Waals surface area contributed by atoms with Crippen LogP contribution in [-0.4, -0.2) is 23.9 Å². The second-order valence-electron chi connectivity index (χ2n) is 6.70. The molecule has 0 spiro atoms. The minimum atomic E-state index is -0.930. The van der Waals surface area contributed by atoms with E-state index in [-0.39, 0.29) is 12.3 Å². The lowest BCUT2D eigenvalue weighted by Crippen LogP contribution is -2.30. The molecule has 1 unspecified atom stereocenters. The van der Waals surface area contributed by atoms with Gasteiger partial charge in [0.15, 0.2) is 6.10 Å². The molecule has 2 amide bonds. The summed E-state index contributed by atoms with van der Waals surface area (Å²) in [5.74, 6) is -1.06. The van der Waals surface area contributed by atoms with E-state index >= 15 is 0 Å². The van der Waals surface area contributed by atoms with E-state index in [0.717, 1.165) is 16.3 Å². The predicted molar refractivity (Wildman–Crippen MR) is 113 cm³/mol. The third-order valence-electron chi connectivity index (χ3n) is 4.35. The molecule has 29 heavy (non-hydrogen) atoms. The molecular formula is C23H22N2O4. The monoisotopic (exact) mass is 390 g/mol. The number of hydrogen-bond acceptors (Lipinski definition) is 4. The number of fused-ring (bicyclic) bond motifs is 1. The maximum Gasteiger partial charge on any atom is 0.311 e. The smallest absolute Gasteiger partial charge is 0.311 e. The summed E-state index contributed by atoms with van der Waals surface area (Å²) in [5.41, 5.74) is 2.05. The second kappa shape index (κ2) is 9.01. The van der Waals surface area contributed by atoms with Gasteiger partial charge in [0.2, 0.25) is 5.91 Å². The summed E-state index contributed by atoms with van der Waals surface area (Å²) in [7, 11) is 0. The normalized spacial score (nSPS) is 11.5. The van der Waals surface area contributed by atoms with Crippen molar-refractivity contribution < 1.29 is 19.1 Å². The Morgan fingerprint density at radius 1 is 0.897 bits per heavy atom. The molecule has 0 aliphatic rings. The Bertz CT molecular complexity index is 1040. The van der Waals surface area contributed by atoms with E-state index in [4.69, 9.17) is 4.74 Å². The van der Waals surface area contributed by atoms with Gasteiger partial charge in [0.05, 0.1) is 6.42 Å². The Balaban J connectivity index is 1.57. The summed E-state index contributed by atoms with van der Waals surface area (Å²) in [4.78, 5) is 35.7. The molecule has 0 heterocycles. The van der Waals surface area contributed by atoms with Gasteiger partial charge in [-0.3, -0.25) is 14.4 Å². The van der Waals surface area contributed by atoms with Crippen molar-refractivity contribution in [3.8, 4) is 0 Å². The van der Waals surface area contributed by atoms with Gasteiger partial charge in [0, 0.05) is 23.7 Å². The molecule has 0 bridgehead atoms. The van der Waals surface area contributed by atoms with Gasteiger partial charge in [-0.1, -0.05) is 48.5 Å². The van der Waals surface area contributed by atoms with Crippen LogP contribution in [0.15, 0.2) is 66.7 Å². The van der Waals surface area contributed by atoms with Gasteiger partial charge >= 0.3 is 5.97 Å². The topological polar surface area (TPSA) is 84.5 Å². The Kier molecular flexibility index (Phi) is 6.24. The number of nitrogens with one attached hydrogen (secondary N) is 2. The van der Waals surface area contributed by atoms with Gasteiger partial charge in [0.1, 0.15) is 0 Å². The van der Waals surface area contributed by atoms with Crippen molar-refractivity contribution in [3.63, 3.8) is 0 Å². The average molecular weight is 390 g/mol. The van der Waals surface area contributed by atoms with E-state index in [1.54, 1.807) is 24.3 Å². The van der Waals surface area contributed by atoms with Crippen molar-refractivity contribution >= 4 is 39.9 Å². The van der Waals surface area contributed by atoms with Crippen LogP contribution in [0.1, 0.15) is 19.4 Å². The molecule has 0 saturated carbocycles. The van der Waals surface area contributed by atoms with Crippen molar-refractivity contribution in [2.45, 2.75) is 26.4 Å². The summed E-state index contributed by atoms with van der Waals surface area (Å²) < 4.78 is 5.27. The molecule has 0 saturated heterocycles. The van der Waals surface area contributed by atoms with Crippen LogP contribution >= 0.6 is 0 Å². The fourth-order valence-corrected chi connectivity index (χ4v) is 2.94. The number of benzene rings is 3. The summed E-state index contributed by atoms with van der Waals surface area (Å²) in [6.07, 6.45) is -0.896. The molecule has 0 aromatic heterocycles. The third kappa shape index (κ3) is 5.42. The van der Waals surface area contributed by atoms with Crippen LogP contribution < -0.4 is 10.6 Å². The number of rotatable bonds is 6. The summed E-state index contributed by atoms with van der Waals surface area (Å²) >= 11 is 0. The van der Waals surface area contributed by atoms with Crippen molar-refractivity contribution in [1.29, 1.82) is 0 Å². The molecule has 1 atom stereocenters. The summed E-state index contributed by atoms with van der Waals surface area (Å²) in [5, 5.41) is 7.41. The Morgan fingerprint density at radius 3 is 2.31 bits per heavy atom. The first-order valence-corrected chi connectivity index (χ1v) is 9.27. The number of carbonyl (C=O) groups excluding carboxylic acids is 3. The number of anilines is 2. The highest BCUT2D eigenvalue weighted by atomic mass is 16.5. The molecule has 148 valence electrons. The highest BCUT2D eigenvalue weighted by molar-refractivity contribution is 6.03. The fourth-order valence-electron chi connectivity index (χ4n) is 2.94. The van der Waals surface area contributed by atoms with Crippen LogP contribution in [0.5, 0.6) is 0 Å².